The molecule has 1 amide bonds. The van der Waals surface area contributed by atoms with E-state index in [1.165, 1.54) is 18.4 Å². The Bertz CT molecular complexity index is 1500. The van der Waals surface area contributed by atoms with Gasteiger partial charge in [-0.1, -0.05) is 24.3 Å². The van der Waals surface area contributed by atoms with Crippen molar-refractivity contribution >= 4 is 27.8 Å². The summed E-state index contributed by atoms with van der Waals surface area (Å²) in [5, 5.41) is 7.47. The van der Waals surface area contributed by atoms with Gasteiger partial charge in [-0.2, -0.15) is 0 Å². The first-order valence-electron chi connectivity index (χ1n) is 11.2. The maximum absolute atomic E-state index is 13.0. The fourth-order valence-corrected chi connectivity index (χ4v) is 4.45. The Labute approximate surface area is 190 Å². The van der Waals surface area contributed by atoms with Crippen molar-refractivity contribution in [2.24, 2.45) is 7.05 Å². The normalized spacial score (nSPS) is 14.6. The minimum Gasteiger partial charge on any atom is -0.343 e. The molecule has 6 rings (SSSR count). The van der Waals surface area contributed by atoms with Crippen LogP contribution in [0.3, 0.4) is 0 Å². The van der Waals surface area contributed by atoms with E-state index >= 15 is 0 Å². The summed E-state index contributed by atoms with van der Waals surface area (Å²) in [7, 11) is 1.96. The fraction of sp³-hybridized carbons (Fsp3) is 0.231. The molecule has 0 saturated heterocycles. The van der Waals surface area contributed by atoms with Gasteiger partial charge in [0, 0.05) is 30.4 Å². The number of carbonyl (C=O) groups excluding carboxylic acids is 1. The van der Waals surface area contributed by atoms with Crippen LogP contribution in [-0.2, 0) is 7.05 Å². The van der Waals surface area contributed by atoms with Gasteiger partial charge >= 0.3 is 0 Å². The number of hydrogen-bond acceptors (Lipinski definition) is 4. The summed E-state index contributed by atoms with van der Waals surface area (Å²) >= 11 is 0. The minimum atomic E-state index is -0.263. The van der Waals surface area contributed by atoms with Crippen LogP contribution in [-0.4, -0.2) is 30.6 Å². The zero-order valence-corrected chi connectivity index (χ0v) is 18.5. The van der Waals surface area contributed by atoms with Gasteiger partial charge in [-0.15, -0.1) is 0 Å². The second-order valence-electron chi connectivity index (χ2n) is 8.83. The van der Waals surface area contributed by atoms with E-state index in [-0.39, 0.29) is 17.8 Å². The quantitative estimate of drug-likeness (QED) is 0.411. The standard InChI is InChI=1S/C26H24N6O/c1-15(18-4-3-5-19(12-18)16-6-7-16)28-26(33)25-29-21-13-20-23(14-22(21)30-25)32(2)31-24(20)17-8-10-27-11-9-17/h3-5,8-16,31H,6-7H2,1-2H3,(H,28,33)/t15-/m1/s1. The molecule has 0 spiro atoms. The predicted octanol–water partition coefficient (Wildman–Crippen LogP) is 4.88. The number of aryl methyl sites for hydroxylation is 1. The first-order chi connectivity index (χ1) is 16.1. The highest BCUT2D eigenvalue weighted by molar-refractivity contribution is 6.02. The minimum absolute atomic E-state index is 0.121. The number of nitrogens with zero attached hydrogens (tertiary/aromatic N) is 4. The SMILES string of the molecule is C[C@@H](NC(=O)c1nc2cc3c(-c4ccncc4)[nH]n(C)c3cc2n1)c1cccc(C2CC2)c1. The highest BCUT2D eigenvalue weighted by Crippen LogP contribution is 2.40. The molecule has 7 nitrogen and oxygen atoms in total. The van der Waals surface area contributed by atoms with E-state index in [0.717, 1.165) is 27.7 Å². The summed E-state index contributed by atoms with van der Waals surface area (Å²) in [5.41, 5.74) is 6.87. The van der Waals surface area contributed by atoms with Crippen LogP contribution in [0.5, 0.6) is 0 Å². The summed E-state index contributed by atoms with van der Waals surface area (Å²) in [4.78, 5) is 26.1. The highest BCUT2D eigenvalue weighted by Gasteiger charge is 2.24. The summed E-state index contributed by atoms with van der Waals surface area (Å²) in [6.45, 7) is 2.00. The van der Waals surface area contributed by atoms with Crippen molar-refractivity contribution in [1.82, 2.24) is 30.0 Å². The molecule has 1 atom stereocenters. The maximum Gasteiger partial charge on any atom is 0.289 e. The molecular formula is C26H24N6O. The van der Waals surface area contributed by atoms with Crippen molar-refractivity contribution in [2.75, 3.05) is 0 Å². The average molecular weight is 437 g/mol. The highest BCUT2D eigenvalue weighted by atomic mass is 16.2. The van der Waals surface area contributed by atoms with Gasteiger partial charge in [0.15, 0.2) is 0 Å². The van der Waals surface area contributed by atoms with Crippen LogP contribution in [0.1, 0.15) is 53.5 Å². The lowest BCUT2D eigenvalue weighted by molar-refractivity contribution is 0.0930. The van der Waals surface area contributed by atoms with Crippen molar-refractivity contribution < 1.29 is 4.79 Å². The van der Waals surface area contributed by atoms with Gasteiger partial charge in [0.25, 0.3) is 5.91 Å². The van der Waals surface area contributed by atoms with Crippen LogP contribution in [0.15, 0.2) is 60.9 Å². The Morgan fingerprint density at radius 3 is 2.61 bits per heavy atom. The van der Waals surface area contributed by atoms with Crippen molar-refractivity contribution in [2.45, 2.75) is 31.7 Å². The van der Waals surface area contributed by atoms with E-state index in [1.54, 1.807) is 12.4 Å². The Morgan fingerprint density at radius 1 is 1.09 bits per heavy atom. The molecular weight excluding hydrogens is 412 g/mol. The fourth-order valence-electron chi connectivity index (χ4n) is 4.45. The molecule has 0 unspecified atom stereocenters. The van der Waals surface area contributed by atoms with E-state index in [2.05, 4.69) is 49.6 Å². The van der Waals surface area contributed by atoms with Crippen LogP contribution in [0.2, 0.25) is 0 Å². The lowest BCUT2D eigenvalue weighted by atomic mass is 10.0. The van der Waals surface area contributed by atoms with Gasteiger partial charge in [0.1, 0.15) is 0 Å². The Hall–Kier alpha value is -4.00. The summed E-state index contributed by atoms with van der Waals surface area (Å²) in [6.07, 6.45) is 6.06. The summed E-state index contributed by atoms with van der Waals surface area (Å²) < 4.78 is 1.95. The summed E-state index contributed by atoms with van der Waals surface area (Å²) in [5.74, 6) is 0.612. The number of rotatable bonds is 5. The van der Waals surface area contributed by atoms with E-state index in [4.69, 9.17) is 0 Å². The number of fused-ring (bicyclic) bond motifs is 2. The van der Waals surface area contributed by atoms with Crippen LogP contribution in [0, 0.1) is 0 Å². The van der Waals surface area contributed by atoms with Crippen molar-refractivity contribution in [3.8, 4) is 11.3 Å². The number of aromatic nitrogens is 5. The zero-order valence-electron chi connectivity index (χ0n) is 18.5. The molecule has 1 fully saturated rings. The number of aromatic amines is 1. The second-order valence-corrected chi connectivity index (χ2v) is 8.83. The molecule has 164 valence electrons. The van der Waals surface area contributed by atoms with Crippen LogP contribution < -0.4 is 5.32 Å². The largest absolute Gasteiger partial charge is 0.343 e. The molecule has 1 aliphatic rings. The molecule has 2 aromatic carbocycles. The molecule has 3 heterocycles. The number of amides is 1. The van der Waals surface area contributed by atoms with E-state index in [0.29, 0.717) is 17.0 Å². The second kappa shape index (κ2) is 7.55. The van der Waals surface area contributed by atoms with Crippen molar-refractivity contribution in [3.63, 3.8) is 0 Å². The lowest BCUT2D eigenvalue weighted by Crippen LogP contribution is -2.27. The van der Waals surface area contributed by atoms with Gasteiger partial charge in [-0.25, -0.2) is 9.97 Å². The van der Waals surface area contributed by atoms with Gasteiger partial charge in [0.2, 0.25) is 5.82 Å². The van der Waals surface area contributed by atoms with Crippen molar-refractivity contribution in [3.05, 3.63) is 77.9 Å². The molecule has 3 aromatic heterocycles. The number of pyridine rings is 1. The number of benzene rings is 2. The smallest absolute Gasteiger partial charge is 0.289 e. The predicted molar refractivity (Wildman–Crippen MR) is 128 cm³/mol. The van der Waals surface area contributed by atoms with Gasteiger partial charge in [-0.05, 0) is 61.1 Å². The Morgan fingerprint density at radius 2 is 1.85 bits per heavy atom. The number of hydrogen-bond donors (Lipinski definition) is 2. The summed E-state index contributed by atoms with van der Waals surface area (Å²) in [6, 6.07) is 16.3. The third-order valence-corrected chi connectivity index (χ3v) is 6.43. The van der Waals surface area contributed by atoms with E-state index in [9.17, 15) is 4.79 Å². The van der Waals surface area contributed by atoms with Gasteiger partial charge in [0.05, 0.1) is 28.3 Å². The lowest BCUT2D eigenvalue weighted by Gasteiger charge is -2.14. The molecule has 0 aliphatic heterocycles. The van der Waals surface area contributed by atoms with Crippen LogP contribution in [0.25, 0.3) is 33.2 Å². The third-order valence-electron chi connectivity index (χ3n) is 6.43. The Balaban J connectivity index is 1.31. The molecule has 1 saturated carbocycles. The first-order valence-corrected chi connectivity index (χ1v) is 11.2. The molecule has 5 aromatic rings. The zero-order chi connectivity index (χ0) is 22.5. The molecule has 0 radical (unpaired) electrons. The van der Waals surface area contributed by atoms with Crippen LogP contribution >= 0.6 is 0 Å². The first kappa shape index (κ1) is 19.7. The Kier molecular flexibility index (Phi) is 4.50. The molecule has 0 bridgehead atoms. The maximum atomic E-state index is 13.0. The number of imidazole rings is 1. The van der Waals surface area contributed by atoms with Crippen molar-refractivity contribution in [1.29, 1.82) is 0 Å². The third kappa shape index (κ3) is 3.55. The monoisotopic (exact) mass is 436 g/mol. The van der Waals surface area contributed by atoms with E-state index < -0.39 is 0 Å². The molecule has 1 aliphatic carbocycles. The van der Waals surface area contributed by atoms with Gasteiger partial charge in [-0.3, -0.25) is 19.6 Å². The van der Waals surface area contributed by atoms with Gasteiger partial charge < -0.3 is 5.32 Å². The number of nitrogens with one attached hydrogen (secondary N) is 2. The molecule has 2 N–H and O–H groups in total. The topological polar surface area (TPSA) is 88.5 Å². The van der Waals surface area contributed by atoms with E-state index in [1.807, 2.05) is 42.9 Å². The number of carbonyl (C=O) groups is 1. The number of H-pyrrole nitrogens is 1. The molecule has 33 heavy (non-hydrogen) atoms. The molecule has 7 heteroatoms. The average Bonchev–Trinajstić information content (AvgIpc) is 3.53. The van der Waals surface area contributed by atoms with Crippen LogP contribution in [0.4, 0.5) is 0 Å².